The van der Waals surface area contributed by atoms with E-state index in [0.29, 0.717) is 0 Å². The van der Waals surface area contributed by atoms with Crippen molar-refractivity contribution < 1.29 is 4.79 Å². The minimum absolute atomic E-state index is 0.750. The molecule has 164 valence electrons. The number of hydrogen-bond donors (Lipinski definition) is 2. The van der Waals surface area contributed by atoms with E-state index in [-0.39, 0.29) is 0 Å². The van der Waals surface area contributed by atoms with E-state index in [1.165, 1.54) is 25.3 Å². The molecular weight excluding hydrogens is 408 g/mol. The number of thiazole rings is 1. The van der Waals surface area contributed by atoms with Crippen molar-refractivity contribution in [3.8, 4) is 10.6 Å². The molecule has 4 heterocycles. The Kier molecular flexibility index (Phi) is 8.49. The summed E-state index contributed by atoms with van der Waals surface area (Å²) in [5.74, 6) is 2.37. The van der Waals surface area contributed by atoms with Crippen LogP contribution >= 0.6 is 11.3 Å². The van der Waals surface area contributed by atoms with Crippen LogP contribution in [0.4, 0.5) is 16.8 Å². The van der Waals surface area contributed by atoms with Crippen LogP contribution in [0.25, 0.3) is 10.6 Å². The molecule has 0 unspecified atom stereocenters. The molecule has 31 heavy (non-hydrogen) atoms. The van der Waals surface area contributed by atoms with Gasteiger partial charge in [0, 0.05) is 25.5 Å². The number of nitrogens with one attached hydrogen (secondary N) is 2. The van der Waals surface area contributed by atoms with Crippen molar-refractivity contribution in [2.75, 3.05) is 36.9 Å². The molecule has 4 rings (SSSR count). The standard InChI is InChI=1S/C21H26N6S.C2H4O/c1-15-6-9-23-20(12-15)26-19-5-3-4-17(25-19)18-14-24-21(28-18)27-10-7-16(8-11-27)13-22-2;1-2-3/h3-6,9,12,14,16,22H,7-8,10-11,13H2,1-2H3,(H,23,25,26);2H,1H3. The molecule has 0 radical (unpaired) electrons. The summed E-state index contributed by atoms with van der Waals surface area (Å²) in [7, 11) is 2.03. The zero-order chi connectivity index (χ0) is 22.1. The second kappa shape index (κ2) is 11.5. The van der Waals surface area contributed by atoms with Gasteiger partial charge >= 0.3 is 0 Å². The van der Waals surface area contributed by atoms with Gasteiger partial charge in [-0.25, -0.2) is 15.0 Å². The molecule has 0 aliphatic carbocycles. The van der Waals surface area contributed by atoms with Gasteiger partial charge in [0.15, 0.2) is 5.13 Å². The summed E-state index contributed by atoms with van der Waals surface area (Å²) >= 11 is 1.72. The van der Waals surface area contributed by atoms with Crippen molar-refractivity contribution in [3.63, 3.8) is 0 Å². The fourth-order valence-corrected chi connectivity index (χ4v) is 4.46. The molecule has 2 N–H and O–H groups in total. The lowest BCUT2D eigenvalue weighted by molar-refractivity contribution is -0.106. The van der Waals surface area contributed by atoms with E-state index in [1.807, 2.05) is 43.6 Å². The normalized spacial score (nSPS) is 14.0. The van der Waals surface area contributed by atoms with E-state index in [9.17, 15) is 0 Å². The number of nitrogens with zero attached hydrogens (tertiary/aromatic N) is 4. The molecule has 0 atom stereocenters. The Balaban J connectivity index is 0.000000858. The van der Waals surface area contributed by atoms with Crippen LogP contribution in [0, 0.1) is 12.8 Å². The molecule has 0 saturated carbocycles. The zero-order valence-corrected chi connectivity index (χ0v) is 19.2. The first-order chi connectivity index (χ1) is 15.1. The average molecular weight is 439 g/mol. The Hall–Kier alpha value is -2.84. The summed E-state index contributed by atoms with van der Waals surface area (Å²) in [5, 5.41) is 7.68. The predicted octanol–water partition coefficient (Wildman–Crippen LogP) is 4.29. The molecular formula is C23H30N6OS. The number of piperidine rings is 1. The predicted molar refractivity (Wildman–Crippen MR) is 128 cm³/mol. The van der Waals surface area contributed by atoms with Gasteiger partial charge in [-0.2, -0.15) is 0 Å². The minimum Gasteiger partial charge on any atom is -0.348 e. The third-order valence-corrected chi connectivity index (χ3v) is 6.13. The van der Waals surface area contributed by atoms with Crippen LogP contribution in [-0.4, -0.2) is 47.9 Å². The Morgan fingerprint density at radius 3 is 2.68 bits per heavy atom. The number of hydrogen-bond acceptors (Lipinski definition) is 8. The third kappa shape index (κ3) is 6.57. The van der Waals surface area contributed by atoms with Gasteiger partial charge in [0.25, 0.3) is 0 Å². The number of rotatable bonds is 6. The number of aromatic nitrogens is 3. The molecule has 0 aromatic carbocycles. The maximum absolute atomic E-state index is 8.81. The molecule has 8 heteroatoms. The second-order valence-corrected chi connectivity index (χ2v) is 8.49. The average Bonchev–Trinajstić information content (AvgIpc) is 3.26. The maximum Gasteiger partial charge on any atom is 0.185 e. The summed E-state index contributed by atoms with van der Waals surface area (Å²) < 4.78 is 0. The molecule has 7 nitrogen and oxygen atoms in total. The van der Waals surface area contributed by atoms with E-state index < -0.39 is 0 Å². The highest BCUT2D eigenvalue weighted by molar-refractivity contribution is 7.18. The van der Waals surface area contributed by atoms with E-state index in [4.69, 9.17) is 9.78 Å². The van der Waals surface area contributed by atoms with Crippen molar-refractivity contribution in [2.24, 2.45) is 5.92 Å². The smallest absolute Gasteiger partial charge is 0.185 e. The van der Waals surface area contributed by atoms with Crippen LogP contribution in [0.3, 0.4) is 0 Å². The number of pyridine rings is 2. The van der Waals surface area contributed by atoms with Gasteiger partial charge in [0.05, 0.1) is 10.6 Å². The Labute approximate surface area is 188 Å². The topological polar surface area (TPSA) is 83.0 Å². The summed E-state index contributed by atoms with van der Waals surface area (Å²) in [6.07, 6.45) is 6.93. The molecule has 1 aliphatic heterocycles. The van der Waals surface area contributed by atoms with Crippen LogP contribution in [0.15, 0.2) is 42.7 Å². The largest absolute Gasteiger partial charge is 0.348 e. The van der Waals surface area contributed by atoms with Crippen LogP contribution in [0.2, 0.25) is 0 Å². The number of anilines is 3. The Bertz CT molecular complexity index is 968. The third-order valence-electron chi connectivity index (χ3n) is 5.04. The van der Waals surface area contributed by atoms with Gasteiger partial charge in [-0.15, -0.1) is 0 Å². The van der Waals surface area contributed by atoms with E-state index in [2.05, 4.69) is 32.4 Å². The van der Waals surface area contributed by atoms with E-state index in [1.54, 1.807) is 17.5 Å². The van der Waals surface area contributed by atoms with Crippen molar-refractivity contribution in [3.05, 3.63) is 48.3 Å². The highest BCUT2D eigenvalue weighted by Crippen LogP contribution is 2.32. The van der Waals surface area contributed by atoms with Gasteiger partial charge in [-0.3, -0.25) is 0 Å². The summed E-state index contributed by atoms with van der Waals surface area (Å²) in [6.45, 7) is 6.76. The van der Waals surface area contributed by atoms with Crippen molar-refractivity contribution in [1.29, 1.82) is 0 Å². The van der Waals surface area contributed by atoms with Crippen molar-refractivity contribution in [2.45, 2.75) is 26.7 Å². The van der Waals surface area contributed by atoms with Crippen LogP contribution in [0.1, 0.15) is 25.3 Å². The molecule has 1 fully saturated rings. The summed E-state index contributed by atoms with van der Waals surface area (Å²) in [4.78, 5) is 26.1. The highest BCUT2D eigenvalue weighted by Gasteiger charge is 2.21. The van der Waals surface area contributed by atoms with Crippen molar-refractivity contribution >= 4 is 34.4 Å². The molecule has 0 bridgehead atoms. The maximum atomic E-state index is 8.81. The van der Waals surface area contributed by atoms with E-state index >= 15 is 0 Å². The van der Waals surface area contributed by atoms with Crippen LogP contribution in [0.5, 0.6) is 0 Å². The first kappa shape index (κ1) is 22.8. The fraction of sp³-hybridized carbons (Fsp3) is 0.391. The molecule has 0 spiro atoms. The summed E-state index contributed by atoms with van der Waals surface area (Å²) in [6, 6.07) is 10.0. The SMILES string of the molecule is CC=O.CNCC1CCN(c2ncc(-c3cccc(Nc4cc(C)ccn4)n3)s2)CC1. The first-order valence-electron chi connectivity index (χ1n) is 10.5. The lowest BCUT2D eigenvalue weighted by atomic mass is 9.97. The van der Waals surface area contributed by atoms with E-state index in [0.717, 1.165) is 59.2 Å². The monoisotopic (exact) mass is 438 g/mol. The van der Waals surface area contributed by atoms with Gasteiger partial charge in [0.2, 0.25) is 0 Å². The van der Waals surface area contributed by atoms with Gasteiger partial charge in [-0.1, -0.05) is 17.4 Å². The number of carbonyl (C=O) groups excluding carboxylic acids is 1. The minimum atomic E-state index is 0.750. The lowest BCUT2D eigenvalue weighted by Crippen LogP contribution is -2.36. The Morgan fingerprint density at radius 2 is 1.97 bits per heavy atom. The first-order valence-corrected chi connectivity index (χ1v) is 11.4. The molecule has 3 aromatic heterocycles. The molecule has 1 aliphatic rings. The molecule has 0 amide bonds. The summed E-state index contributed by atoms with van der Waals surface area (Å²) in [5.41, 5.74) is 2.10. The number of aryl methyl sites for hydroxylation is 1. The lowest BCUT2D eigenvalue weighted by Gasteiger charge is -2.31. The highest BCUT2D eigenvalue weighted by atomic mass is 32.1. The fourth-order valence-electron chi connectivity index (χ4n) is 3.52. The Morgan fingerprint density at radius 1 is 1.19 bits per heavy atom. The second-order valence-electron chi connectivity index (χ2n) is 7.48. The molecule has 1 saturated heterocycles. The van der Waals surface area contributed by atoms with Gasteiger partial charge in [-0.05, 0) is 76.0 Å². The van der Waals surface area contributed by atoms with Crippen LogP contribution < -0.4 is 15.5 Å². The zero-order valence-electron chi connectivity index (χ0n) is 18.3. The quantitative estimate of drug-likeness (QED) is 0.555. The number of aldehydes is 1. The number of carbonyl (C=O) groups is 1. The van der Waals surface area contributed by atoms with Crippen LogP contribution in [-0.2, 0) is 4.79 Å². The molecule has 3 aromatic rings. The van der Waals surface area contributed by atoms with Gasteiger partial charge < -0.3 is 20.3 Å². The van der Waals surface area contributed by atoms with Gasteiger partial charge in [0.1, 0.15) is 17.9 Å². The van der Waals surface area contributed by atoms with Crippen molar-refractivity contribution in [1.82, 2.24) is 20.3 Å².